The lowest BCUT2D eigenvalue weighted by atomic mass is 10.1. The van der Waals surface area contributed by atoms with Crippen LogP contribution in [-0.2, 0) is 6.54 Å². The molecule has 0 aliphatic heterocycles. The van der Waals surface area contributed by atoms with Gasteiger partial charge in [-0.2, -0.15) is 0 Å². The summed E-state index contributed by atoms with van der Waals surface area (Å²) in [6.07, 6.45) is 1.80. The zero-order valence-electron chi connectivity index (χ0n) is 10.1. The second-order valence-corrected chi connectivity index (χ2v) is 5.50. The third kappa shape index (κ3) is 5.05. The number of pyridine rings is 1. The summed E-state index contributed by atoms with van der Waals surface area (Å²) in [7, 11) is 0. The van der Waals surface area contributed by atoms with Crippen molar-refractivity contribution in [2.45, 2.75) is 32.9 Å². The number of nitrogens with zero attached hydrogens (tertiary/aromatic N) is 2. The highest BCUT2D eigenvalue weighted by Gasteiger charge is 2.17. The predicted molar refractivity (Wildman–Crippen MR) is 69.2 cm³/mol. The Morgan fingerprint density at radius 1 is 1.44 bits per heavy atom. The van der Waals surface area contributed by atoms with Crippen LogP contribution in [0.25, 0.3) is 0 Å². The van der Waals surface area contributed by atoms with Crippen molar-refractivity contribution in [2.75, 3.05) is 13.1 Å². The van der Waals surface area contributed by atoms with Gasteiger partial charge in [0, 0.05) is 23.8 Å². The molecule has 0 unspecified atom stereocenters. The molecule has 0 aliphatic carbocycles. The smallest absolute Gasteiger partial charge is 0.0718 e. The van der Waals surface area contributed by atoms with Gasteiger partial charge < -0.3 is 5.11 Å². The van der Waals surface area contributed by atoms with Crippen molar-refractivity contribution in [3.05, 3.63) is 28.5 Å². The molecule has 0 spiro atoms. The molecule has 0 atom stereocenters. The number of rotatable bonds is 5. The van der Waals surface area contributed by atoms with Gasteiger partial charge in [0.25, 0.3) is 0 Å². The highest BCUT2D eigenvalue weighted by molar-refractivity contribution is 9.10. The van der Waals surface area contributed by atoms with Crippen molar-refractivity contribution in [3.8, 4) is 0 Å². The minimum absolute atomic E-state index is 0.654. The zero-order valence-corrected chi connectivity index (χ0v) is 11.7. The minimum Gasteiger partial charge on any atom is -0.389 e. The lowest BCUT2D eigenvalue weighted by Gasteiger charge is -2.27. The summed E-state index contributed by atoms with van der Waals surface area (Å²) >= 11 is 3.36. The Bertz CT molecular complexity index is 319. The summed E-state index contributed by atoms with van der Waals surface area (Å²) in [5.74, 6) is 0. The van der Waals surface area contributed by atoms with Crippen LogP contribution >= 0.6 is 15.9 Å². The van der Waals surface area contributed by atoms with Gasteiger partial charge in [-0.3, -0.25) is 9.88 Å². The summed E-state index contributed by atoms with van der Waals surface area (Å²) in [6, 6.07) is 3.98. The molecule has 0 aromatic carbocycles. The first-order chi connectivity index (χ1) is 7.40. The van der Waals surface area contributed by atoms with E-state index in [1.54, 1.807) is 6.20 Å². The molecule has 0 bridgehead atoms. The van der Waals surface area contributed by atoms with Gasteiger partial charge in [0.05, 0.1) is 11.3 Å². The summed E-state index contributed by atoms with van der Waals surface area (Å²) in [4.78, 5) is 6.50. The fraction of sp³-hybridized carbons (Fsp3) is 0.583. The van der Waals surface area contributed by atoms with E-state index >= 15 is 0 Å². The van der Waals surface area contributed by atoms with Crippen LogP contribution in [0.2, 0.25) is 0 Å². The third-order valence-corrected chi connectivity index (χ3v) is 2.70. The Hall–Kier alpha value is -0.450. The molecule has 0 saturated heterocycles. The van der Waals surface area contributed by atoms with Crippen molar-refractivity contribution < 1.29 is 5.11 Å². The molecule has 1 N–H and O–H groups in total. The third-order valence-electron chi connectivity index (χ3n) is 2.23. The van der Waals surface area contributed by atoms with Gasteiger partial charge in [-0.05, 0) is 48.5 Å². The van der Waals surface area contributed by atoms with Gasteiger partial charge in [-0.25, -0.2) is 0 Å². The summed E-state index contributed by atoms with van der Waals surface area (Å²) in [6.45, 7) is 8.07. The van der Waals surface area contributed by atoms with Crippen LogP contribution < -0.4 is 0 Å². The monoisotopic (exact) mass is 286 g/mol. The van der Waals surface area contributed by atoms with Crippen LogP contribution in [0.4, 0.5) is 0 Å². The number of aromatic nitrogens is 1. The number of hydrogen-bond donors (Lipinski definition) is 1. The maximum atomic E-state index is 9.77. The Morgan fingerprint density at radius 2 is 2.12 bits per heavy atom. The molecule has 4 heteroatoms. The fourth-order valence-corrected chi connectivity index (χ4v) is 1.79. The number of likely N-dealkylation sites (N-methyl/N-ethyl adjacent to an activating group) is 1. The number of hydrogen-bond acceptors (Lipinski definition) is 3. The molecule has 1 rings (SSSR count). The van der Waals surface area contributed by atoms with Gasteiger partial charge in [0.2, 0.25) is 0 Å². The standard InChI is InChI=1S/C12H19BrN2O/c1-4-15(9-12(2,3)16)8-11-6-5-10(13)7-14-11/h5-7,16H,4,8-9H2,1-3H3. The van der Waals surface area contributed by atoms with Crippen molar-refractivity contribution >= 4 is 15.9 Å². The quantitative estimate of drug-likeness (QED) is 0.903. The van der Waals surface area contributed by atoms with E-state index in [0.717, 1.165) is 23.3 Å². The molecule has 0 amide bonds. The molecule has 1 heterocycles. The van der Waals surface area contributed by atoms with E-state index in [4.69, 9.17) is 0 Å². The lowest BCUT2D eigenvalue weighted by molar-refractivity contribution is 0.0350. The Labute approximate surface area is 106 Å². The van der Waals surface area contributed by atoms with Gasteiger partial charge in [-0.1, -0.05) is 6.92 Å². The maximum Gasteiger partial charge on any atom is 0.0718 e. The molecule has 0 aliphatic rings. The van der Waals surface area contributed by atoms with E-state index in [0.29, 0.717) is 6.54 Å². The molecule has 90 valence electrons. The van der Waals surface area contributed by atoms with Crippen LogP contribution in [0.5, 0.6) is 0 Å². The fourth-order valence-electron chi connectivity index (χ4n) is 1.56. The summed E-state index contributed by atoms with van der Waals surface area (Å²) in [5, 5.41) is 9.77. The Morgan fingerprint density at radius 3 is 2.56 bits per heavy atom. The van der Waals surface area contributed by atoms with Crippen LogP contribution in [0.3, 0.4) is 0 Å². The van der Waals surface area contributed by atoms with Crippen LogP contribution in [0, 0.1) is 0 Å². The first-order valence-corrected chi connectivity index (χ1v) is 6.25. The average molecular weight is 287 g/mol. The van der Waals surface area contributed by atoms with E-state index < -0.39 is 5.60 Å². The second-order valence-electron chi connectivity index (χ2n) is 4.58. The first-order valence-electron chi connectivity index (χ1n) is 5.46. The van der Waals surface area contributed by atoms with E-state index in [2.05, 4.69) is 32.7 Å². The van der Waals surface area contributed by atoms with Gasteiger partial charge >= 0.3 is 0 Å². The molecule has 0 fully saturated rings. The van der Waals surface area contributed by atoms with Gasteiger partial charge in [0.1, 0.15) is 0 Å². The predicted octanol–water partition coefficient (Wildman–Crippen LogP) is 2.44. The van der Waals surface area contributed by atoms with E-state index in [1.807, 2.05) is 26.0 Å². The van der Waals surface area contributed by atoms with Crippen molar-refractivity contribution in [1.82, 2.24) is 9.88 Å². The van der Waals surface area contributed by atoms with E-state index in [-0.39, 0.29) is 0 Å². The minimum atomic E-state index is -0.661. The maximum absolute atomic E-state index is 9.77. The number of halogens is 1. The van der Waals surface area contributed by atoms with Crippen LogP contribution in [-0.4, -0.2) is 33.7 Å². The van der Waals surface area contributed by atoms with Crippen molar-refractivity contribution in [2.24, 2.45) is 0 Å². The van der Waals surface area contributed by atoms with Crippen LogP contribution in [0.15, 0.2) is 22.8 Å². The molecule has 0 saturated carbocycles. The summed E-state index contributed by atoms with van der Waals surface area (Å²) in [5.41, 5.74) is 0.361. The van der Waals surface area contributed by atoms with E-state index in [1.165, 1.54) is 0 Å². The Kier molecular flexibility index (Phi) is 4.89. The van der Waals surface area contributed by atoms with Crippen LogP contribution in [0.1, 0.15) is 26.5 Å². The SMILES string of the molecule is CCN(Cc1ccc(Br)cn1)CC(C)(C)O. The zero-order chi connectivity index (χ0) is 12.2. The highest BCUT2D eigenvalue weighted by atomic mass is 79.9. The molecule has 3 nitrogen and oxygen atoms in total. The number of aliphatic hydroxyl groups is 1. The highest BCUT2D eigenvalue weighted by Crippen LogP contribution is 2.11. The Balaban J connectivity index is 2.60. The summed E-state index contributed by atoms with van der Waals surface area (Å²) < 4.78 is 0.988. The molecule has 16 heavy (non-hydrogen) atoms. The largest absolute Gasteiger partial charge is 0.389 e. The molecular formula is C12H19BrN2O. The molecule has 0 radical (unpaired) electrons. The van der Waals surface area contributed by atoms with Crippen molar-refractivity contribution in [1.29, 1.82) is 0 Å². The van der Waals surface area contributed by atoms with E-state index in [9.17, 15) is 5.11 Å². The molecular weight excluding hydrogens is 268 g/mol. The topological polar surface area (TPSA) is 36.4 Å². The van der Waals surface area contributed by atoms with Gasteiger partial charge in [-0.15, -0.1) is 0 Å². The molecule has 1 aromatic rings. The normalized spacial score (nSPS) is 12.1. The second kappa shape index (κ2) is 5.75. The molecule has 1 aromatic heterocycles. The van der Waals surface area contributed by atoms with Gasteiger partial charge in [0.15, 0.2) is 0 Å². The lowest BCUT2D eigenvalue weighted by Crippen LogP contribution is -2.38. The van der Waals surface area contributed by atoms with Crippen molar-refractivity contribution in [3.63, 3.8) is 0 Å². The first kappa shape index (κ1) is 13.6. The average Bonchev–Trinajstić information content (AvgIpc) is 2.18.